The Morgan fingerprint density at radius 2 is 2.12 bits per heavy atom. The van der Waals surface area contributed by atoms with E-state index >= 15 is 0 Å². The fraction of sp³-hybridized carbons (Fsp3) is 0.400. The van der Waals surface area contributed by atoms with Crippen LogP contribution in [0.15, 0.2) is 22.1 Å². The van der Waals surface area contributed by atoms with E-state index in [1.807, 2.05) is 0 Å². The van der Waals surface area contributed by atoms with Crippen LogP contribution in [0.25, 0.3) is 0 Å². The minimum Gasteiger partial charge on any atom is -0.385 e. The van der Waals surface area contributed by atoms with Crippen molar-refractivity contribution in [1.82, 2.24) is 14.8 Å². The number of hydrogen-bond acceptors (Lipinski definition) is 5. The van der Waals surface area contributed by atoms with Crippen molar-refractivity contribution < 1.29 is 22.7 Å². The van der Waals surface area contributed by atoms with Crippen molar-refractivity contribution in [2.24, 2.45) is 0 Å². The molecule has 1 aromatic heterocycles. The third-order valence-electron chi connectivity index (χ3n) is 3.40. The molecule has 26 heavy (non-hydrogen) atoms. The minimum absolute atomic E-state index is 0.277. The van der Waals surface area contributed by atoms with Crippen LogP contribution in [0.1, 0.15) is 13.3 Å². The lowest BCUT2D eigenvalue weighted by atomic mass is 10.2. The molecule has 2 aromatic rings. The Morgan fingerprint density at radius 3 is 2.81 bits per heavy atom. The number of thioether (sulfide) groups is 1. The predicted molar refractivity (Wildman–Crippen MR) is 89.6 cm³/mol. The minimum atomic E-state index is -1.66. The lowest BCUT2D eigenvalue weighted by Gasteiger charge is -2.13. The average Bonchev–Trinajstić information content (AvgIpc) is 2.95. The van der Waals surface area contributed by atoms with E-state index in [1.54, 1.807) is 0 Å². The van der Waals surface area contributed by atoms with Gasteiger partial charge < -0.3 is 10.1 Å². The SMILES string of the molecule is COCCCn1c(SC(C)C(=O)Nc2ccc(F)c(F)c2F)n[nH]c1=O. The van der Waals surface area contributed by atoms with Gasteiger partial charge in [0, 0.05) is 20.3 Å². The zero-order valence-corrected chi connectivity index (χ0v) is 14.8. The van der Waals surface area contributed by atoms with Gasteiger partial charge >= 0.3 is 5.69 Å². The number of halogens is 3. The highest BCUT2D eigenvalue weighted by molar-refractivity contribution is 8.00. The Balaban J connectivity index is 2.06. The van der Waals surface area contributed by atoms with E-state index in [0.29, 0.717) is 25.6 Å². The summed E-state index contributed by atoms with van der Waals surface area (Å²) in [5, 5.41) is 7.83. The van der Waals surface area contributed by atoms with Crippen molar-refractivity contribution in [1.29, 1.82) is 0 Å². The molecule has 0 fully saturated rings. The average molecular weight is 390 g/mol. The Bertz CT molecular complexity index is 840. The Labute approximate surface area is 150 Å². The number of ether oxygens (including phenoxy) is 1. The monoisotopic (exact) mass is 390 g/mol. The number of benzene rings is 1. The molecule has 0 spiro atoms. The number of amides is 1. The fourth-order valence-corrected chi connectivity index (χ4v) is 2.91. The summed E-state index contributed by atoms with van der Waals surface area (Å²) in [7, 11) is 1.54. The van der Waals surface area contributed by atoms with Crippen LogP contribution in [0.4, 0.5) is 18.9 Å². The number of H-pyrrole nitrogens is 1. The van der Waals surface area contributed by atoms with Crippen LogP contribution in [0.3, 0.4) is 0 Å². The van der Waals surface area contributed by atoms with Crippen LogP contribution in [-0.4, -0.2) is 39.6 Å². The van der Waals surface area contributed by atoms with Crippen LogP contribution in [0.2, 0.25) is 0 Å². The molecule has 1 aromatic carbocycles. The van der Waals surface area contributed by atoms with Gasteiger partial charge in [-0.3, -0.25) is 9.36 Å². The molecule has 7 nitrogen and oxygen atoms in total. The highest BCUT2D eigenvalue weighted by atomic mass is 32.2. The van der Waals surface area contributed by atoms with Gasteiger partial charge in [-0.1, -0.05) is 11.8 Å². The van der Waals surface area contributed by atoms with E-state index in [9.17, 15) is 22.8 Å². The number of carbonyl (C=O) groups is 1. The van der Waals surface area contributed by atoms with E-state index < -0.39 is 40.0 Å². The van der Waals surface area contributed by atoms with Crippen molar-refractivity contribution in [3.8, 4) is 0 Å². The number of rotatable bonds is 8. The Hall–Kier alpha value is -2.27. The second-order valence-electron chi connectivity index (χ2n) is 5.28. The molecule has 0 aliphatic carbocycles. The molecule has 0 saturated carbocycles. The number of nitrogens with one attached hydrogen (secondary N) is 2. The molecule has 2 rings (SSSR count). The fourth-order valence-electron chi connectivity index (χ4n) is 2.03. The number of hydrogen-bond donors (Lipinski definition) is 2. The number of nitrogens with zero attached hydrogens (tertiary/aromatic N) is 2. The molecule has 0 bridgehead atoms. The van der Waals surface area contributed by atoms with E-state index in [1.165, 1.54) is 18.6 Å². The molecule has 0 aliphatic rings. The largest absolute Gasteiger partial charge is 0.385 e. The predicted octanol–water partition coefficient (Wildman–Crippen LogP) is 2.14. The van der Waals surface area contributed by atoms with Crippen molar-refractivity contribution in [2.45, 2.75) is 30.3 Å². The molecule has 11 heteroatoms. The molecule has 1 heterocycles. The number of carbonyl (C=O) groups excluding carboxylic acids is 1. The summed E-state index contributed by atoms with van der Waals surface area (Å²) in [5.41, 5.74) is -0.899. The summed E-state index contributed by atoms with van der Waals surface area (Å²) in [6.07, 6.45) is 0.574. The normalized spacial score (nSPS) is 12.2. The lowest BCUT2D eigenvalue weighted by molar-refractivity contribution is -0.115. The second-order valence-corrected chi connectivity index (χ2v) is 6.59. The quantitative estimate of drug-likeness (QED) is 0.410. The maximum Gasteiger partial charge on any atom is 0.343 e. The zero-order valence-electron chi connectivity index (χ0n) is 14.0. The van der Waals surface area contributed by atoms with Gasteiger partial charge in [-0.25, -0.2) is 23.1 Å². The van der Waals surface area contributed by atoms with Crippen LogP contribution in [-0.2, 0) is 16.1 Å². The first-order valence-corrected chi connectivity index (χ1v) is 8.48. The van der Waals surface area contributed by atoms with E-state index in [2.05, 4.69) is 15.5 Å². The number of aromatic amines is 1. The standard InChI is InChI=1S/C15H17F3N4O3S/c1-8(13(23)19-10-5-4-9(16)11(17)12(10)18)26-15-21-20-14(24)22(15)6-3-7-25-2/h4-5,8H,3,6-7H2,1-2H3,(H,19,23)(H,20,24). The van der Waals surface area contributed by atoms with Gasteiger partial charge in [0.05, 0.1) is 10.9 Å². The first-order chi connectivity index (χ1) is 12.3. The smallest absolute Gasteiger partial charge is 0.343 e. The van der Waals surface area contributed by atoms with Gasteiger partial charge in [-0.15, -0.1) is 5.10 Å². The third kappa shape index (κ3) is 4.67. The number of anilines is 1. The molecule has 142 valence electrons. The van der Waals surface area contributed by atoms with E-state index in [-0.39, 0.29) is 5.16 Å². The Kier molecular flexibility index (Phi) is 6.86. The first-order valence-electron chi connectivity index (χ1n) is 7.60. The summed E-state index contributed by atoms with van der Waals surface area (Å²) < 4.78 is 46.1. The van der Waals surface area contributed by atoms with Crippen LogP contribution < -0.4 is 11.0 Å². The van der Waals surface area contributed by atoms with E-state index in [4.69, 9.17) is 4.74 Å². The second kappa shape index (κ2) is 8.90. The molecule has 1 amide bonds. The van der Waals surface area contributed by atoms with E-state index in [0.717, 1.165) is 17.8 Å². The maximum absolute atomic E-state index is 13.6. The molecular formula is C15H17F3N4O3S. The molecule has 0 radical (unpaired) electrons. The summed E-state index contributed by atoms with van der Waals surface area (Å²) >= 11 is 0.967. The highest BCUT2D eigenvalue weighted by Crippen LogP contribution is 2.24. The number of methoxy groups -OCH3 is 1. The number of aromatic nitrogens is 3. The van der Waals surface area contributed by atoms with Crippen molar-refractivity contribution in [3.63, 3.8) is 0 Å². The van der Waals surface area contributed by atoms with Crippen LogP contribution >= 0.6 is 11.8 Å². The van der Waals surface area contributed by atoms with Gasteiger partial charge in [0.1, 0.15) is 0 Å². The highest BCUT2D eigenvalue weighted by Gasteiger charge is 2.21. The Morgan fingerprint density at radius 1 is 1.38 bits per heavy atom. The zero-order chi connectivity index (χ0) is 19.3. The van der Waals surface area contributed by atoms with Gasteiger partial charge in [0.2, 0.25) is 5.91 Å². The van der Waals surface area contributed by atoms with Crippen molar-refractivity contribution in [3.05, 3.63) is 40.1 Å². The van der Waals surface area contributed by atoms with Gasteiger partial charge in [-0.05, 0) is 25.5 Å². The molecule has 0 saturated heterocycles. The summed E-state index contributed by atoms with van der Waals surface area (Å²) in [6, 6.07) is 1.64. The van der Waals surface area contributed by atoms with Crippen molar-refractivity contribution >= 4 is 23.4 Å². The molecule has 2 N–H and O–H groups in total. The molecule has 0 aliphatic heterocycles. The summed E-state index contributed by atoms with van der Waals surface area (Å²) in [4.78, 5) is 23.9. The van der Waals surface area contributed by atoms with Gasteiger partial charge in [0.25, 0.3) is 0 Å². The maximum atomic E-state index is 13.6. The molecular weight excluding hydrogens is 373 g/mol. The van der Waals surface area contributed by atoms with Crippen molar-refractivity contribution in [2.75, 3.05) is 19.0 Å². The summed E-state index contributed by atoms with van der Waals surface area (Å²) in [6.45, 7) is 2.31. The first kappa shape index (κ1) is 20.0. The van der Waals surface area contributed by atoms with Gasteiger partial charge in [0.15, 0.2) is 22.6 Å². The third-order valence-corrected chi connectivity index (χ3v) is 4.49. The molecule has 1 unspecified atom stereocenters. The van der Waals surface area contributed by atoms with Crippen LogP contribution in [0.5, 0.6) is 0 Å². The molecule has 1 atom stereocenters. The van der Waals surface area contributed by atoms with Crippen LogP contribution in [0, 0.1) is 17.5 Å². The topological polar surface area (TPSA) is 89.0 Å². The summed E-state index contributed by atoms with van der Waals surface area (Å²) in [5.74, 6) is -5.15. The van der Waals surface area contributed by atoms with Gasteiger partial charge in [-0.2, -0.15) is 0 Å². The lowest BCUT2D eigenvalue weighted by Crippen LogP contribution is -2.25.